The first kappa shape index (κ1) is 12.2. The molecule has 0 amide bonds. The quantitative estimate of drug-likeness (QED) is 0.783. The third kappa shape index (κ3) is 2.91. The molecule has 1 atom stereocenters. The highest BCUT2D eigenvalue weighted by Gasteiger charge is 2.10. The zero-order chi connectivity index (χ0) is 12.3. The molecule has 90 valence electrons. The van der Waals surface area contributed by atoms with Crippen LogP contribution in [0.25, 0.3) is 0 Å². The zero-order valence-electron chi connectivity index (χ0n) is 10.1. The van der Waals surface area contributed by atoms with E-state index in [2.05, 4.69) is 24.2 Å². The van der Waals surface area contributed by atoms with Gasteiger partial charge in [0.2, 0.25) is 0 Å². The van der Waals surface area contributed by atoms with Crippen molar-refractivity contribution in [3.8, 4) is 0 Å². The van der Waals surface area contributed by atoms with Gasteiger partial charge in [0.25, 0.3) is 0 Å². The first-order chi connectivity index (χ1) is 8.20. The van der Waals surface area contributed by atoms with Crippen molar-refractivity contribution in [3.05, 3.63) is 51.7 Å². The van der Waals surface area contributed by atoms with Crippen molar-refractivity contribution < 1.29 is 4.39 Å². The van der Waals surface area contributed by atoms with E-state index >= 15 is 0 Å². The number of benzene rings is 1. The monoisotopic (exact) mass is 249 g/mol. The highest BCUT2D eigenvalue weighted by molar-refractivity contribution is 7.09. The smallest absolute Gasteiger partial charge is 0.126 e. The van der Waals surface area contributed by atoms with Gasteiger partial charge < -0.3 is 0 Å². The maximum Gasteiger partial charge on any atom is 0.126 e. The first-order valence-electron chi connectivity index (χ1n) is 5.88. The molecular weight excluding hydrogens is 233 g/mol. The van der Waals surface area contributed by atoms with E-state index in [4.69, 9.17) is 0 Å². The molecule has 0 fully saturated rings. The van der Waals surface area contributed by atoms with Crippen LogP contribution in [0.5, 0.6) is 0 Å². The molecular formula is C14H16FNS. The van der Waals surface area contributed by atoms with Crippen molar-refractivity contribution in [1.82, 2.24) is 4.98 Å². The fourth-order valence-corrected chi connectivity index (χ4v) is 2.59. The molecule has 1 nitrogen and oxygen atoms in total. The summed E-state index contributed by atoms with van der Waals surface area (Å²) >= 11 is 1.62. The second-order valence-corrected chi connectivity index (χ2v) is 5.19. The largest absolute Gasteiger partial charge is 0.246 e. The fourth-order valence-electron chi connectivity index (χ4n) is 1.65. The third-order valence-corrected chi connectivity index (χ3v) is 3.85. The Kier molecular flexibility index (Phi) is 3.89. The Labute approximate surface area is 105 Å². The van der Waals surface area contributed by atoms with Gasteiger partial charge in [0.1, 0.15) is 5.82 Å². The summed E-state index contributed by atoms with van der Waals surface area (Å²) in [6.07, 6.45) is 1.68. The van der Waals surface area contributed by atoms with Gasteiger partial charge >= 0.3 is 0 Å². The molecule has 2 rings (SSSR count). The van der Waals surface area contributed by atoms with Crippen molar-refractivity contribution in [2.24, 2.45) is 0 Å². The summed E-state index contributed by atoms with van der Waals surface area (Å²) in [4.78, 5) is 4.57. The third-order valence-electron chi connectivity index (χ3n) is 2.99. The first-order valence-corrected chi connectivity index (χ1v) is 6.76. The fraction of sp³-hybridized carbons (Fsp3) is 0.357. The highest BCUT2D eigenvalue weighted by atomic mass is 32.1. The van der Waals surface area contributed by atoms with Crippen molar-refractivity contribution in [1.29, 1.82) is 0 Å². The Morgan fingerprint density at radius 2 is 2.12 bits per heavy atom. The van der Waals surface area contributed by atoms with Crippen LogP contribution in [0, 0.1) is 5.82 Å². The van der Waals surface area contributed by atoms with Crippen LogP contribution in [0.3, 0.4) is 0 Å². The molecule has 1 aromatic carbocycles. The van der Waals surface area contributed by atoms with Crippen molar-refractivity contribution in [3.63, 3.8) is 0 Å². The van der Waals surface area contributed by atoms with Gasteiger partial charge in [0.15, 0.2) is 0 Å². The minimum Gasteiger partial charge on any atom is -0.246 e. The molecule has 0 spiro atoms. The van der Waals surface area contributed by atoms with Gasteiger partial charge in [-0.1, -0.05) is 32.0 Å². The van der Waals surface area contributed by atoms with E-state index in [1.165, 1.54) is 6.07 Å². The number of hydrogen-bond acceptors (Lipinski definition) is 2. The van der Waals surface area contributed by atoms with E-state index in [-0.39, 0.29) is 5.82 Å². The number of rotatable bonds is 4. The van der Waals surface area contributed by atoms with Gasteiger partial charge in [-0.15, -0.1) is 11.3 Å². The molecule has 0 aliphatic carbocycles. The Morgan fingerprint density at radius 3 is 2.82 bits per heavy atom. The van der Waals surface area contributed by atoms with Gasteiger partial charge in [0, 0.05) is 11.8 Å². The van der Waals surface area contributed by atoms with E-state index in [0.717, 1.165) is 22.7 Å². The van der Waals surface area contributed by atoms with E-state index in [1.807, 2.05) is 12.1 Å². The number of hydrogen-bond donors (Lipinski definition) is 0. The maximum atomic E-state index is 13.5. The van der Waals surface area contributed by atoms with Crippen molar-refractivity contribution >= 4 is 11.3 Å². The highest BCUT2D eigenvalue weighted by Crippen LogP contribution is 2.23. The normalized spacial score (nSPS) is 12.6. The van der Waals surface area contributed by atoms with E-state index in [0.29, 0.717) is 12.3 Å². The average molecular weight is 249 g/mol. The Hall–Kier alpha value is -1.22. The lowest BCUT2D eigenvalue weighted by Gasteiger charge is -2.03. The lowest BCUT2D eigenvalue weighted by atomic mass is 10.1. The van der Waals surface area contributed by atoms with Crippen LogP contribution in [-0.2, 0) is 6.42 Å². The summed E-state index contributed by atoms with van der Waals surface area (Å²) in [5.41, 5.74) is 1.85. The molecule has 0 saturated carbocycles. The SMILES string of the molecule is CCC(C)c1csc(Cc2ccccc2F)n1. The van der Waals surface area contributed by atoms with Gasteiger partial charge in [-0.25, -0.2) is 9.37 Å². The Bertz CT molecular complexity index is 492. The van der Waals surface area contributed by atoms with Crippen molar-refractivity contribution in [2.75, 3.05) is 0 Å². The summed E-state index contributed by atoms with van der Waals surface area (Å²) in [7, 11) is 0. The standard InChI is InChI=1S/C14H16FNS/c1-3-10(2)13-9-17-14(16-13)8-11-6-4-5-7-12(11)15/h4-7,9-10H,3,8H2,1-2H3. The number of aromatic nitrogens is 1. The molecule has 1 heterocycles. The van der Waals surface area contributed by atoms with Gasteiger partial charge in [-0.3, -0.25) is 0 Å². The molecule has 0 radical (unpaired) electrons. The molecule has 2 aromatic rings. The van der Waals surface area contributed by atoms with Crippen LogP contribution >= 0.6 is 11.3 Å². The average Bonchev–Trinajstić information content (AvgIpc) is 2.80. The van der Waals surface area contributed by atoms with Crippen LogP contribution < -0.4 is 0 Å². The predicted octanol–water partition coefficient (Wildman–Crippen LogP) is 4.39. The Morgan fingerprint density at radius 1 is 1.35 bits per heavy atom. The lowest BCUT2D eigenvalue weighted by molar-refractivity contribution is 0.613. The van der Waals surface area contributed by atoms with E-state index in [9.17, 15) is 4.39 Å². The van der Waals surface area contributed by atoms with Gasteiger partial charge in [-0.2, -0.15) is 0 Å². The van der Waals surface area contributed by atoms with E-state index < -0.39 is 0 Å². The molecule has 17 heavy (non-hydrogen) atoms. The Balaban J connectivity index is 2.14. The molecule has 0 N–H and O–H groups in total. The number of halogens is 1. The van der Waals surface area contributed by atoms with Crippen LogP contribution in [0.2, 0.25) is 0 Å². The van der Waals surface area contributed by atoms with Gasteiger partial charge in [0.05, 0.1) is 10.7 Å². The maximum absolute atomic E-state index is 13.5. The summed E-state index contributed by atoms with van der Waals surface area (Å²) < 4.78 is 13.5. The van der Waals surface area contributed by atoms with Crippen LogP contribution in [0.15, 0.2) is 29.6 Å². The van der Waals surface area contributed by atoms with E-state index in [1.54, 1.807) is 17.4 Å². The molecule has 0 aliphatic heterocycles. The minimum atomic E-state index is -0.146. The number of thiazole rings is 1. The summed E-state index contributed by atoms with van der Waals surface area (Å²) in [5.74, 6) is 0.341. The predicted molar refractivity (Wildman–Crippen MR) is 70.0 cm³/mol. The second kappa shape index (κ2) is 5.41. The zero-order valence-corrected chi connectivity index (χ0v) is 10.9. The molecule has 1 aromatic heterocycles. The number of nitrogens with zero attached hydrogens (tertiary/aromatic N) is 1. The summed E-state index contributed by atoms with van der Waals surface area (Å²) in [5, 5.41) is 3.08. The molecule has 1 unspecified atom stereocenters. The molecule has 3 heteroatoms. The molecule has 0 aliphatic rings. The molecule has 0 bridgehead atoms. The van der Waals surface area contributed by atoms with Crippen LogP contribution in [0.1, 0.15) is 42.5 Å². The van der Waals surface area contributed by atoms with Gasteiger partial charge in [-0.05, 0) is 24.0 Å². The second-order valence-electron chi connectivity index (χ2n) is 4.24. The topological polar surface area (TPSA) is 12.9 Å². The van der Waals surface area contributed by atoms with Crippen LogP contribution in [0.4, 0.5) is 4.39 Å². The van der Waals surface area contributed by atoms with Crippen LogP contribution in [-0.4, -0.2) is 4.98 Å². The summed E-state index contributed by atoms with van der Waals surface area (Å²) in [6, 6.07) is 6.89. The minimum absolute atomic E-state index is 0.146. The summed E-state index contributed by atoms with van der Waals surface area (Å²) in [6.45, 7) is 4.32. The lowest BCUT2D eigenvalue weighted by Crippen LogP contribution is -1.94. The molecule has 0 saturated heterocycles. The van der Waals surface area contributed by atoms with Crippen molar-refractivity contribution in [2.45, 2.75) is 32.6 Å².